The standard InChI is InChI=1S/C16H22N2O2/c1-11-8-18(10-14(11)16(19)20)9-12-3-4-15-13(7-12)5-6-17(15)2/h3-4,7,11,14H,5-6,8-10H2,1-2H3,(H,19,20). The molecule has 2 aliphatic heterocycles. The Kier molecular flexibility index (Phi) is 3.42. The van der Waals surface area contributed by atoms with Crippen LogP contribution in [0.2, 0.25) is 0 Å². The number of hydrogen-bond donors (Lipinski definition) is 1. The molecule has 2 aliphatic rings. The molecular weight excluding hydrogens is 252 g/mol. The Hall–Kier alpha value is -1.55. The second-order valence-electron chi connectivity index (χ2n) is 6.25. The van der Waals surface area contributed by atoms with Crippen molar-refractivity contribution in [2.45, 2.75) is 19.9 Å². The van der Waals surface area contributed by atoms with Crippen molar-refractivity contribution in [3.63, 3.8) is 0 Å². The number of carbonyl (C=O) groups is 1. The minimum Gasteiger partial charge on any atom is -0.481 e. The van der Waals surface area contributed by atoms with Crippen molar-refractivity contribution in [2.75, 3.05) is 31.6 Å². The molecule has 20 heavy (non-hydrogen) atoms. The van der Waals surface area contributed by atoms with E-state index in [4.69, 9.17) is 0 Å². The van der Waals surface area contributed by atoms with Gasteiger partial charge >= 0.3 is 5.97 Å². The molecule has 2 heterocycles. The quantitative estimate of drug-likeness (QED) is 0.913. The van der Waals surface area contributed by atoms with E-state index in [-0.39, 0.29) is 11.8 Å². The zero-order chi connectivity index (χ0) is 14.3. The van der Waals surface area contributed by atoms with Crippen molar-refractivity contribution in [3.8, 4) is 0 Å². The Morgan fingerprint density at radius 3 is 2.90 bits per heavy atom. The molecule has 0 spiro atoms. The van der Waals surface area contributed by atoms with Crippen LogP contribution < -0.4 is 4.90 Å². The molecule has 2 atom stereocenters. The third-order valence-electron chi connectivity index (χ3n) is 4.68. The first-order chi connectivity index (χ1) is 9.54. The highest BCUT2D eigenvalue weighted by atomic mass is 16.4. The first kappa shape index (κ1) is 13.4. The lowest BCUT2D eigenvalue weighted by Gasteiger charge is -2.17. The first-order valence-corrected chi connectivity index (χ1v) is 7.32. The highest BCUT2D eigenvalue weighted by Gasteiger charge is 2.34. The largest absolute Gasteiger partial charge is 0.481 e. The second kappa shape index (κ2) is 5.09. The van der Waals surface area contributed by atoms with E-state index >= 15 is 0 Å². The lowest BCUT2D eigenvalue weighted by Crippen LogP contribution is -2.23. The van der Waals surface area contributed by atoms with E-state index in [1.165, 1.54) is 16.8 Å². The smallest absolute Gasteiger partial charge is 0.308 e. The van der Waals surface area contributed by atoms with Crippen LogP contribution in [0.4, 0.5) is 5.69 Å². The maximum absolute atomic E-state index is 11.2. The van der Waals surface area contributed by atoms with Gasteiger partial charge in [0.05, 0.1) is 5.92 Å². The van der Waals surface area contributed by atoms with Crippen molar-refractivity contribution in [2.24, 2.45) is 11.8 Å². The number of nitrogens with zero attached hydrogens (tertiary/aromatic N) is 2. The summed E-state index contributed by atoms with van der Waals surface area (Å²) in [7, 11) is 2.13. The molecule has 4 heteroatoms. The normalized spacial score (nSPS) is 26.0. The van der Waals surface area contributed by atoms with Crippen LogP contribution in [-0.2, 0) is 17.8 Å². The fourth-order valence-corrected chi connectivity index (χ4v) is 3.49. The summed E-state index contributed by atoms with van der Waals surface area (Å²) in [4.78, 5) is 15.7. The molecule has 3 rings (SSSR count). The molecule has 1 aromatic carbocycles. The van der Waals surface area contributed by atoms with Gasteiger partial charge in [-0.15, -0.1) is 0 Å². The average molecular weight is 274 g/mol. The van der Waals surface area contributed by atoms with Crippen LogP contribution in [0.3, 0.4) is 0 Å². The van der Waals surface area contributed by atoms with Crippen molar-refractivity contribution < 1.29 is 9.90 Å². The zero-order valence-corrected chi connectivity index (χ0v) is 12.2. The topological polar surface area (TPSA) is 43.8 Å². The molecule has 1 aromatic rings. The fourth-order valence-electron chi connectivity index (χ4n) is 3.49. The van der Waals surface area contributed by atoms with Gasteiger partial charge in [0.1, 0.15) is 0 Å². The summed E-state index contributed by atoms with van der Waals surface area (Å²) in [6.45, 7) is 5.56. The van der Waals surface area contributed by atoms with E-state index in [1.807, 2.05) is 6.92 Å². The fraction of sp³-hybridized carbons (Fsp3) is 0.562. The average Bonchev–Trinajstić information content (AvgIpc) is 2.94. The first-order valence-electron chi connectivity index (χ1n) is 7.32. The van der Waals surface area contributed by atoms with Gasteiger partial charge in [-0.1, -0.05) is 19.1 Å². The van der Waals surface area contributed by atoms with E-state index in [9.17, 15) is 9.90 Å². The van der Waals surface area contributed by atoms with Crippen LogP contribution in [0.5, 0.6) is 0 Å². The highest BCUT2D eigenvalue weighted by Crippen LogP contribution is 2.29. The molecule has 0 aromatic heterocycles. The van der Waals surface area contributed by atoms with Crippen LogP contribution in [0.15, 0.2) is 18.2 Å². The van der Waals surface area contributed by atoms with Gasteiger partial charge in [0.25, 0.3) is 0 Å². The van der Waals surface area contributed by atoms with Crippen molar-refractivity contribution in [3.05, 3.63) is 29.3 Å². The SMILES string of the molecule is CC1CN(Cc2ccc3c(c2)CCN3C)CC1C(=O)O. The van der Waals surface area contributed by atoms with Crippen LogP contribution in [-0.4, -0.2) is 42.7 Å². The number of likely N-dealkylation sites (tertiary alicyclic amines) is 1. The molecular formula is C16H22N2O2. The molecule has 0 saturated carbocycles. The molecule has 2 unspecified atom stereocenters. The third-order valence-corrected chi connectivity index (χ3v) is 4.68. The number of anilines is 1. The molecule has 0 amide bonds. The summed E-state index contributed by atoms with van der Waals surface area (Å²) < 4.78 is 0. The monoisotopic (exact) mass is 274 g/mol. The summed E-state index contributed by atoms with van der Waals surface area (Å²) in [5.74, 6) is -0.626. The van der Waals surface area contributed by atoms with E-state index in [0.29, 0.717) is 6.54 Å². The maximum Gasteiger partial charge on any atom is 0.308 e. The van der Waals surface area contributed by atoms with Gasteiger partial charge in [-0.3, -0.25) is 9.69 Å². The van der Waals surface area contributed by atoms with Crippen molar-refractivity contribution >= 4 is 11.7 Å². The lowest BCUT2D eigenvalue weighted by atomic mass is 9.99. The van der Waals surface area contributed by atoms with Gasteiger partial charge in [-0.05, 0) is 29.5 Å². The third kappa shape index (κ3) is 2.40. The minimum absolute atomic E-state index is 0.212. The zero-order valence-electron chi connectivity index (χ0n) is 12.2. The molecule has 0 radical (unpaired) electrons. The lowest BCUT2D eigenvalue weighted by molar-refractivity contribution is -0.142. The van der Waals surface area contributed by atoms with Crippen LogP contribution >= 0.6 is 0 Å². The number of hydrogen-bond acceptors (Lipinski definition) is 3. The summed E-state index contributed by atoms with van der Waals surface area (Å²) in [6, 6.07) is 6.67. The predicted octanol–water partition coefficient (Wildman–Crippen LogP) is 1.83. The van der Waals surface area contributed by atoms with Gasteiger partial charge in [-0.2, -0.15) is 0 Å². The highest BCUT2D eigenvalue weighted by molar-refractivity contribution is 5.71. The number of rotatable bonds is 3. The summed E-state index contributed by atoms with van der Waals surface area (Å²) in [5, 5.41) is 9.19. The molecule has 4 nitrogen and oxygen atoms in total. The molecule has 0 bridgehead atoms. The molecule has 0 aliphatic carbocycles. The van der Waals surface area contributed by atoms with Crippen LogP contribution in [0.25, 0.3) is 0 Å². The molecule has 108 valence electrons. The van der Waals surface area contributed by atoms with Crippen LogP contribution in [0, 0.1) is 11.8 Å². The van der Waals surface area contributed by atoms with E-state index in [1.54, 1.807) is 0 Å². The predicted molar refractivity (Wildman–Crippen MR) is 79.0 cm³/mol. The number of aliphatic carboxylic acids is 1. The van der Waals surface area contributed by atoms with Gasteiger partial charge < -0.3 is 10.0 Å². The van der Waals surface area contributed by atoms with Gasteiger partial charge in [-0.25, -0.2) is 0 Å². The van der Waals surface area contributed by atoms with E-state index < -0.39 is 5.97 Å². The van der Waals surface area contributed by atoms with Crippen LogP contribution in [0.1, 0.15) is 18.1 Å². The number of benzene rings is 1. The number of carboxylic acids is 1. The van der Waals surface area contributed by atoms with Gasteiger partial charge in [0.15, 0.2) is 0 Å². The molecule has 1 N–H and O–H groups in total. The number of likely N-dealkylation sites (N-methyl/N-ethyl adjacent to an activating group) is 1. The Morgan fingerprint density at radius 2 is 2.20 bits per heavy atom. The number of fused-ring (bicyclic) bond motifs is 1. The second-order valence-corrected chi connectivity index (χ2v) is 6.25. The summed E-state index contributed by atoms with van der Waals surface area (Å²) in [6.07, 6.45) is 1.12. The Balaban J connectivity index is 1.69. The Bertz CT molecular complexity index is 529. The summed E-state index contributed by atoms with van der Waals surface area (Å²) in [5.41, 5.74) is 4.07. The Morgan fingerprint density at radius 1 is 1.40 bits per heavy atom. The van der Waals surface area contributed by atoms with Crippen molar-refractivity contribution in [1.82, 2.24) is 4.90 Å². The molecule has 1 saturated heterocycles. The van der Waals surface area contributed by atoms with E-state index in [0.717, 1.165) is 26.1 Å². The number of carboxylic acid groups (broad SMARTS) is 1. The Labute approximate surface area is 120 Å². The summed E-state index contributed by atoms with van der Waals surface area (Å²) >= 11 is 0. The van der Waals surface area contributed by atoms with Gasteiger partial charge in [0.2, 0.25) is 0 Å². The van der Waals surface area contributed by atoms with E-state index in [2.05, 4.69) is 35.0 Å². The minimum atomic E-state index is -0.657. The van der Waals surface area contributed by atoms with Crippen molar-refractivity contribution in [1.29, 1.82) is 0 Å². The maximum atomic E-state index is 11.2. The molecule has 1 fully saturated rings. The van der Waals surface area contributed by atoms with Gasteiger partial charge in [0, 0.05) is 38.9 Å².